The lowest BCUT2D eigenvalue weighted by atomic mass is 10.1. The van der Waals surface area contributed by atoms with Crippen LogP contribution in [-0.2, 0) is 16.0 Å². The number of rotatable bonds is 10. The highest BCUT2D eigenvalue weighted by molar-refractivity contribution is 6.01. The van der Waals surface area contributed by atoms with Crippen molar-refractivity contribution >= 4 is 40.9 Å². The molecule has 4 amide bonds. The molecule has 0 aromatic heterocycles. The summed E-state index contributed by atoms with van der Waals surface area (Å²) < 4.78 is 11.4. The van der Waals surface area contributed by atoms with Gasteiger partial charge in [-0.15, -0.1) is 0 Å². The number of carboxylic acid groups (broad SMARTS) is 1. The Bertz CT molecular complexity index is 1490. The Morgan fingerprint density at radius 3 is 2.40 bits per heavy atom. The number of benzene rings is 3. The molecular formula is C31H34N4O7. The fourth-order valence-corrected chi connectivity index (χ4v) is 4.81. The predicted octanol–water partition coefficient (Wildman–Crippen LogP) is 4.92. The van der Waals surface area contributed by atoms with Crippen molar-refractivity contribution in [2.45, 2.75) is 39.2 Å². The lowest BCUT2D eigenvalue weighted by Gasteiger charge is -2.25. The topological polar surface area (TPSA) is 146 Å². The first-order valence-electron chi connectivity index (χ1n) is 13.5. The Labute approximate surface area is 243 Å². The van der Waals surface area contributed by atoms with Crippen LogP contribution in [0.1, 0.15) is 41.3 Å². The number of hydrogen-bond donors (Lipinski definition) is 4. The molecule has 4 N–H and O–H groups in total. The Hall–Kier alpha value is -5.06. The minimum Gasteiger partial charge on any atom is -0.495 e. The van der Waals surface area contributed by atoms with E-state index in [1.807, 2.05) is 31.2 Å². The molecular weight excluding hydrogens is 540 g/mol. The molecule has 11 nitrogen and oxygen atoms in total. The molecule has 1 fully saturated rings. The zero-order valence-electron chi connectivity index (χ0n) is 23.7. The first-order valence-corrected chi connectivity index (χ1v) is 13.5. The van der Waals surface area contributed by atoms with E-state index in [0.717, 1.165) is 24.0 Å². The minimum atomic E-state index is -1.12. The summed E-state index contributed by atoms with van der Waals surface area (Å²) in [7, 11) is 1.50. The molecule has 4 rings (SSSR count). The first-order chi connectivity index (χ1) is 20.1. The SMILES string of the molecule is COc1cc(CC(=O)N2CCC[C@H]2COc2ccc(C(=O)O)cc2NC(C)=O)ccc1NC(=O)Nc1ccccc1C. The number of amides is 4. The van der Waals surface area contributed by atoms with Crippen molar-refractivity contribution < 1.29 is 33.8 Å². The molecule has 0 aliphatic carbocycles. The van der Waals surface area contributed by atoms with E-state index in [-0.39, 0.29) is 42.1 Å². The maximum atomic E-state index is 13.3. The third-order valence-electron chi connectivity index (χ3n) is 6.93. The number of methoxy groups -OCH3 is 1. The maximum Gasteiger partial charge on any atom is 0.335 e. The second-order valence-corrected chi connectivity index (χ2v) is 10.00. The summed E-state index contributed by atoms with van der Waals surface area (Å²) in [5, 5.41) is 17.5. The summed E-state index contributed by atoms with van der Waals surface area (Å²) in [6, 6.07) is 16.3. The van der Waals surface area contributed by atoms with Crippen LogP contribution < -0.4 is 25.4 Å². The Morgan fingerprint density at radius 1 is 0.929 bits per heavy atom. The van der Waals surface area contributed by atoms with Gasteiger partial charge in [-0.3, -0.25) is 9.59 Å². The van der Waals surface area contributed by atoms with Gasteiger partial charge in [0.1, 0.15) is 18.1 Å². The van der Waals surface area contributed by atoms with E-state index < -0.39 is 12.0 Å². The summed E-state index contributed by atoms with van der Waals surface area (Å²) in [4.78, 5) is 50.6. The van der Waals surface area contributed by atoms with Crippen LogP contribution in [0.4, 0.5) is 21.9 Å². The number of aromatic carboxylic acids is 1. The Balaban J connectivity index is 1.38. The molecule has 0 saturated carbocycles. The molecule has 1 aliphatic rings. The van der Waals surface area contributed by atoms with Crippen LogP contribution >= 0.6 is 0 Å². The van der Waals surface area contributed by atoms with Crippen LogP contribution in [0.5, 0.6) is 11.5 Å². The maximum absolute atomic E-state index is 13.3. The highest BCUT2D eigenvalue weighted by Gasteiger charge is 2.29. The molecule has 11 heteroatoms. The van der Waals surface area contributed by atoms with E-state index in [9.17, 15) is 24.3 Å². The number of anilines is 3. The van der Waals surface area contributed by atoms with Gasteiger partial charge in [-0.2, -0.15) is 0 Å². The molecule has 0 bridgehead atoms. The first kappa shape index (κ1) is 29.9. The molecule has 1 atom stereocenters. The van der Waals surface area contributed by atoms with Crippen LogP contribution in [0.3, 0.4) is 0 Å². The number of nitrogens with one attached hydrogen (secondary N) is 3. The average molecular weight is 575 g/mol. The molecule has 0 unspecified atom stereocenters. The minimum absolute atomic E-state index is 0.0207. The molecule has 0 radical (unpaired) electrons. The normalized spacial score (nSPS) is 14.2. The van der Waals surface area contributed by atoms with Gasteiger partial charge in [0.25, 0.3) is 0 Å². The van der Waals surface area contributed by atoms with Gasteiger partial charge in [0.2, 0.25) is 11.8 Å². The number of ether oxygens (including phenoxy) is 2. The molecule has 3 aromatic carbocycles. The van der Waals surface area contributed by atoms with Gasteiger partial charge in [0.05, 0.1) is 36.5 Å². The van der Waals surface area contributed by atoms with Crippen LogP contribution in [0, 0.1) is 6.92 Å². The summed E-state index contributed by atoms with van der Waals surface area (Å²) >= 11 is 0. The zero-order valence-corrected chi connectivity index (χ0v) is 23.7. The number of carboxylic acids is 1. The van der Waals surface area contributed by atoms with E-state index in [2.05, 4.69) is 16.0 Å². The number of hydrogen-bond acceptors (Lipinski definition) is 6. The Morgan fingerprint density at radius 2 is 1.69 bits per heavy atom. The molecule has 1 aliphatic heterocycles. The number of para-hydroxylation sites is 1. The predicted molar refractivity (Wildman–Crippen MR) is 158 cm³/mol. The van der Waals surface area contributed by atoms with Crippen molar-refractivity contribution in [3.63, 3.8) is 0 Å². The molecule has 0 spiro atoms. The smallest absolute Gasteiger partial charge is 0.335 e. The summed E-state index contributed by atoms with van der Waals surface area (Å²) in [6.45, 7) is 4.00. The third kappa shape index (κ3) is 7.57. The van der Waals surface area contributed by atoms with E-state index in [0.29, 0.717) is 29.4 Å². The lowest BCUT2D eigenvalue weighted by Crippen LogP contribution is -2.40. The third-order valence-corrected chi connectivity index (χ3v) is 6.93. The molecule has 1 saturated heterocycles. The molecule has 220 valence electrons. The van der Waals surface area contributed by atoms with Crippen molar-refractivity contribution in [2.24, 2.45) is 0 Å². The zero-order chi connectivity index (χ0) is 30.2. The second kappa shape index (κ2) is 13.5. The van der Waals surface area contributed by atoms with E-state index in [1.54, 1.807) is 23.1 Å². The van der Waals surface area contributed by atoms with Crippen LogP contribution in [0.15, 0.2) is 60.7 Å². The molecule has 42 heavy (non-hydrogen) atoms. The monoisotopic (exact) mass is 574 g/mol. The van der Waals surface area contributed by atoms with Crippen LogP contribution in [0.2, 0.25) is 0 Å². The summed E-state index contributed by atoms with van der Waals surface area (Å²) in [6.07, 6.45) is 1.70. The van der Waals surface area contributed by atoms with Gasteiger partial charge < -0.3 is 35.4 Å². The molecule has 1 heterocycles. The number of aryl methyl sites for hydroxylation is 1. The van der Waals surface area contributed by atoms with Crippen molar-refractivity contribution in [1.82, 2.24) is 4.90 Å². The number of likely N-dealkylation sites (tertiary alicyclic amines) is 1. The van der Waals surface area contributed by atoms with Crippen LogP contribution in [-0.4, -0.2) is 60.1 Å². The van der Waals surface area contributed by atoms with Gasteiger partial charge in [0.15, 0.2) is 0 Å². The standard InChI is InChI=1S/C31H34N4O7/c1-19-7-4-5-9-24(19)33-31(40)34-25-12-10-21(15-28(25)41-3)16-29(37)35-14-6-8-23(35)18-42-27-13-11-22(30(38)39)17-26(27)32-20(2)36/h4-5,7,9-13,15,17,23H,6,8,14,16,18H2,1-3H3,(H,32,36)(H,38,39)(H2,33,34,40)/t23-/m0/s1. The highest BCUT2D eigenvalue weighted by atomic mass is 16.5. The number of carbonyl (C=O) groups excluding carboxylic acids is 3. The average Bonchev–Trinajstić information content (AvgIpc) is 3.43. The lowest BCUT2D eigenvalue weighted by molar-refractivity contribution is -0.131. The van der Waals surface area contributed by atoms with Gasteiger partial charge in [-0.1, -0.05) is 24.3 Å². The number of carbonyl (C=O) groups is 4. The van der Waals surface area contributed by atoms with Gasteiger partial charge >= 0.3 is 12.0 Å². The van der Waals surface area contributed by atoms with Crippen molar-refractivity contribution in [3.8, 4) is 11.5 Å². The fraction of sp³-hybridized carbons (Fsp3) is 0.290. The second-order valence-electron chi connectivity index (χ2n) is 10.00. The summed E-state index contributed by atoms with van der Waals surface area (Å²) in [5.74, 6) is -0.801. The van der Waals surface area contributed by atoms with Crippen LogP contribution in [0.25, 0.3) is 0 Å². The quantitative estimate of drug-likeness (QED) is 0.269. The number of urea groups is 1. The van der Waals surface area contributed by atoms with Crippen molar-refractivity contribution in [2.75, 3.05) is 36.2 Å². The number of nitrogens with zero attached hydrogens (tertiary/aromatic N) is 1. The van der Waals surface area contributed by atoms with Gasteiger partial charge in [0, 0.05) is 19.2 Å². The van der Waals surface area contributed by atoms with Crippen molar-refractivity contribution in [3.05, 3.63) is 77.4 Å². The van der Waals surface area contributed by atoms with E-state index in [1.165, 1.54) is 32.2 Å². The van der Waals surface area contributed by atoms with E-state index >= 15 is 0 Å². The molecule has 3 aromatic rings. The highest BCUT2D eigenvalue weighted by Crippen LogP contribution is 2.29. The Kier molecular flexibility index (Phi) is 9.64. The summed E-state index contributed by atoms with van der Waals surface area (Å²) in [5.41, 5.74) is 3.10. The van der Waals surface area contributed by atoms with E-state index in [4.69, 9.17) is 9.47 Å². The van der Waals surface area contributed by atoms with Gasteiger partial charge in [-0.05, 0) is 67.3 Å². The fourth-order valence-electron chi connectivity index (χ4n) is 4.81. The largest absolute Gasteiger partial charge is 0.495 e. The van der Waals surface area contributed by atoms with Crippen molar-refractivity contribution in [1.29, 1.82) is 0 Å². The van der Waals surface area contributed by atoms with Gasteiger partial charge in [-0.25, -0.2) is 9.59 Å².